The van der Waals surface area contributed by atoms with E-state index in [0.29, 0.717) is 0 Å². The van der Waals surface area contributed by atoms with Crippen LogP contribution in [-0.4, -0.2) is 38.7 Å². The van der Waals surface area contributed by atoms with Gasteiger partial charge in [-0.25, -0.2) is 4.39 Å². The molecular formula is C14H18FNO3. The lowest BCUT2D eigenvalue weighted by Crippen LogP contribution is -2.33. The fourth-order valence-electron chi connectivity index (χ4n) is 2.12. The molecule has 104 valence electrons. The lowest BCUT2D eigenvalue weighted by Gasteiger charge is -2.22. The number of benzene rings is 1. The van der Waals surface area contributed by atoms with Crippen molar-refractivity contribution < 1.29 is 18.7 Å². The van der Waals surface area contributed by atoms with Crippen LogP contribution in [0.25, 0.3) is 0 Å². The Balaban J connectivity index is 1.95. The third-order valence-corrected chi connectivity index (χ3v) is 3.22. The number of halogens is 1. The van der Waals surface area contributed by atoms with E-state index in [4.69, 9.17) is 9.47 Å². The molecule has 0 saturated carbocycles. The van der Waals surface area contributed by atoms with Crippen LogP contribution in [0, 0.1) is 5.82 Å². The smallest absolute Gasteiger partial charge is 0.191 e. The molecule has 4 nitrogen and oxygen atoms in total. The Bertz CT molecular complexity index is 444. The predicted molar refractivity (Wildman–Crippen MR) is 69.1 cm³/mol. The second-order valence-electron chi connectivity index (χ2n) is 4.51. The third-order valence-electron chi connectivity index (χ3n) is 3.22. The molecule has 1 saturated heterocycles. The van der Waals surface area contributed by atoms with E-state index in [1.807, 2.05) is 0 Å². The van der Waals surface area contributed by atoms with Gasteiger partial charge >= 0.3 is 0 Å². The Labute approximate surface area is 111 Å². The number of hydrogen-bond acceptors (Lipinski definition) is 4. The first-order chi connectivity index (χ1) is 9.22. The van der Waals surface area contributed by atoms with Crippen LogP contribution in [0.15, 0.2) is 18.2 Å². The first-order valence-electron chi connectivity index (χ1n) is 6.40. The normalized spacial score (nSPS) is 16.3. The Morgan fingerprint density at radius 2 is 2.16 bits per heavy atom. The van der Waals surface area contributed by atoms with Gasteiger partial charge in [-0.1, -0.05) is 6.07 Å². The van der Waals surface area contributed by atoms with Crippen molar-refractivity contribution in [3.63, 3.8) is 0 Å². The van der Waals surface area contributed by atoms with Gasteiger partial charge in [0.15, 0.2) is 17.3 Å². The number of ether oxygens (including phenoxy) is 2. The lowest BCUT2D eigenvalue weighted by atomic mass is 10.1. The van der Waals surface area contributed by atoms with Gasteiger partial charge in [-0.15, -0.1) is 0 Å². The summed E-state index contributed by atoms with van der Waals surface area (Å²) in [5.41, 5.74) is 0.0216. The minimum Gasteiger partial charge on any atom is -0.494 e. The average molecular weight is 267 g/mol. The number of carbonyl (C=O) groups excluding carboxylic acids is 1. The van der Waals surface area contributed by atoms with Gasteiger partial charge in [0.2, 0.25) is 0 Å². The van der Waals surface area contributed by atoms with Crippen molar-refractivity contribution in [2.24, 2.45) is 0 Å². The van der Waals surface area contributed by atoms with Gasteiger partial charge in [0.05, 0.1) is 18.8 Å². The summed E-state index contributed by atoms with van der Waals surface area (Å²) in [5.74, 6) is -0.897. The van der Waals surface area contributed by atoms with Gasteiger partial charge in [-0.2, -0.15) is 0 Å². The average Bonchev–Trinajstić information content (AvgIpc) is 2.46. The van der Waals surface area contributed by atoms with Gasteiger partial charge in [-0.3, -0.25) is 4.79 Å². The summed E-state index contributed by atoms with van der Waals surface area (Å²) in [6.07, 6.45) is 1.85. The summed E-state index contributed by atoms with van der Waals surface area (Å²) in [6, 6.07) is 4.53. The Morgan fingerprint density at radius 3 is 2.84 bits per heavy atom. The zero-order valence-electron chi connectivity index (χ0n) is 10.9. The molecule has 5 heteroatoms. The number of nitrogens with one attached hydrogen (secondary N) is 1. The number of carbonyl (C=O) groups is 1. The van der Waals surface area contributed by atoms with Crippen LogP contribution in [0.2, 0.25) is 0 Å². The molecule has 1 aliphatic heterocycles. The number of piperidine rings is 1. The zero-order valence-corrected chi connectivity index (χ0v) is 10.9. The van der Waals surface area contributed by atoms with Crippen molar-refractivity contribution in [1.82, 2.24) is 5.32 Å². The SMILES string of the molecule is COc1cccc(C(=O)COC2CCNCC2)c1F. The highest BCUT2D eigenvalue weighted by molar-refractivity contribution is 5.97. The van der Waals surface area contributed by atoms with Crippen molar-refractivity contribution in [3.8, 4) is 5.75 Å². The van der Waals surface area contributed by atoms with E-state index in [9.17, 15) is 9.18 Å². The zero-order chi connectivity index (χ0) is 13.7. The van der Waals surface area contributed by atoms with Gasteiger partial charge in [0.1, 0.15) is 6.61 Å². The number of methoxy groups -OCH3 is 1. The van der Waals surface area contributed by atoms with Crippen molar-refractivity contribution in [2.45, 2.75) is 18.9 Å². The second-order valence-corrected chi connectivity index (χ2v) is 4.51. The minimum absolute atomic E-state index is 0.0216. The van der Waals surface area contributed by atoms with Crippen molar-refractivity contribution in [1.29, 1.82) is 0 Å². The van der Waals surface area contributed by atoms with Crippen molar-refractivity contribution in [2.75, 3.05) is 26.8 Å². The maximum atomic E-state index is 13.9. The fourth-order valence-corrected chi connectivity index (χ4v) is 2.12. The predicted octanol–water partition coefficient (Wildman–Crippen LogP) is 1.79. The quantitative estimate of drug-likeness (QED) is 0.826. The number of rotatable bonds is 5. The second kappa shape index (κ2) is 6.63. The van der Waals surface area contributed by atoms with E-state index in [0.717, 1.165) is 25.9 Å². The van der Waals surface area contributed by atoms with Crippen LogP contribution < -0.4 is 10.1 Å². The molecule has 0 aliphatic carbocycles. The van der Waals surface area contributed by atoms with E-state index in [1.54, 1.807) is 6.07 Å². The van der Waals surface area contributed by atoms with Crippen LogP contribution in [0.5, 0.6) is 5.75 Å². The van der Waals surface area contributed by atoms with E-state index in [-0.39, 0.29) is 29.8 Å². The van der Waals surface area contributed by atoms with Crippen LogP contribution in [0.3, 0.4) is 0 Å². The molecule has 0 aromatic heterocycles. The summed E-state index contributed by atoms with van der Waals surface area (Å²) >= 11 is 0. The monoisotopic (exact) mass is 267 g/mol. The minimum atomic E-state index is -0.621. The van der Waals surface area contributed by atoms with Crippen molar-refractivity contribution in [3.05, 3.63) is 29.6 Å². The molecule has 1 aromatic rings. The van der Waals surface area contributed by atoms with Crippen LogP contribution in [-0.2, 0) is 4.74 Å². The number of ketones is 1. The van der Waals surface area contributed by atoms with Crippen molar-refractivity contribution >= 4 is 5.78 Å². The fraction of sp³-hybridized carbons (Fsp3) is 0.500. The Kier molecular flexibility index (Phi) is 4.87. The number of Topliss-reactive ketones (excluding diaryl/α,β-unsaturated/α-hetero) is 1. The molecule has 0 bridgehead atoms. The van der Waals surface area contributed by atoms with Gasteiger partial charge in [-0.05, 0) is 38.1 Å². The van der Waals surface area contributed by atoms with E-state index >= 15 is 0 Å². The highest BCUT2D eigenvalue weighted by Gasteiger charge is 2.19. The maximum absolute atomic E-state index is 13.9. The molecule has 1 fully saturated rings. The summed E-state index contributed by atoms with van der Waals surface area (Å²) in [7, 11) is 1.37. The van der Waals surface area contributed by atoms with Gasteiger partial charge in [0, 0.05) is 0 Å². The Morgan fingerprint density at radius 1 is 1.42 bits per heavy atom. The molecule has 0 amide bonds. The number of hydrogen-bond donors (Lipinski definition) is 1. The van der Waals surface area contributed by atoms with Crippen LogP contribution >= 0.6 is 0 Å². The van der Waals surface area contributed by atoms with E-state index in [1.165, 1.54) is 19.2 Å². The summed E-state index contributed by atoms with van der Waals surface area (Å²) in [5, 5.41) is 3.22. The highest BCUT2D eigenvalue weighted by Crippen LogP contribution is 2.20. The van der Waals surface area contributed by atoms with E-state index < -0.39 is 5.82 Å². The molecule has 0 radical (unpaired) electrons. The van der Waals surface area contributed by atoms with E-state index in [2.05, 4.69) is 5.32 Å². The van der Waals surface area contributed by atoms with Gasteiger partial charge in [0.25, 0.3) is 0 Å². The summed E-state index contributed by atoms with van der Waals surface area (Å²) in [4.78, 5) is 11.9. The molecule has 1 aliphatic rings. The first-order valence-corrected chi connectivity index (χ1v) is 6.40. The first kappa shape index (κ1) is 14.0. The largest absolute Gasteiger partial charge is 0.494 e. The molecule has 1 N–H and O–H groups in total. The Hall–Kier alpha value is -1.46. The molecule has 2 rings (SSSR count). The van der Waals surface area contributed by atoms with Crippen LogP contribution in [0.4, 0.5) is 4.39 Å². The highest BCUT2D eigenvalue weighted by atomic mass is 19.1. The molecule has 19 heavy (non-hydrogen) atoms. The molecular weight excluding hydrogens is 249 g/mol. The molecule has 0 spiro atoms. The lowest BCUT2D eigenvalue weighted by molar-refractivity contribution is 0.0315. The summed E-state index contributed by atoms with van der Waals surface area (Å²) < 4.78 is 24.3. The van der Waals surface area contributed by atoms with Gasteiger partial charge < -0.3 is 14.8 Å². The summed E-state index contributed by atoms with van der Waals surface area (Å²) in [6.45, 7) is 1.70. The third kappa shape index (κ3) is 3.52. The molecule has 0 unspecified atom stereocenters. The molecule has 0 atom stereocenters. The maximum Gasteiger partial charge on any atom is 0.191 e. The topological polar surface area (TPSA) is 47.6 Å². The van der Waals surface area contributed by atoms with Crippen LogP contribution in [0.1, 0.15) is 23.2 Å². The molecule has 1 aromatic carbocycles. The molecule has 1 heterocycles. The standard InChI is InChI=1S/C14H18FNO3/c1-18-13-4-2-3-11(14(13)15)12(17)9-19-10-5-7-16-8-6-10/h2-4,10,16H,5-9H2,1H3.